The lowest BCUT2D eigenvalue weighted by Crippen LogP contribution is -2.45. The van der Waals surface area contributed by atoms with Crippen LogP contribution in [-0.2, 0) is 0 Å². The van der Waals surface area contributed by atoms with E-state index in [0.29, 0.717) is 12.0 Å². The van der Waals surface area contributed by atoms with Crippen LogP contribution in [0.25, 0.3) is 0 Å². The first-order chi connectivity index (χ1) is 6.37. The van der Waals surface area contributed by atoms with Crippen LogP contribution < -0.4 is 11.1 Å². The van der Waals surface area contributed by atoms with E-state index in [-0.39, 0.29) is 5.54 Å². The van der Waals surface area contributed by atoms with Gasteiger partial charge in [-0.3, -0.25) is 4.99 Å². The van der Waals surface area contributed by atoms with Crippen LogP contribution in [-0.4, -0.2) is 17.5 Å². The van der Waals surface area contributed by atoms with Crippen LogP contribution in [0.3, 0.4) is 0 Å². The first-order valence-electron chi connectivity index (χ1n) is 5.48. The largest absolute Gasteiger partial charge is 0.370 e. The fourth-order valence-corrected chi connectivity index (χ4v) is 1.54. The van der Waals surface area contributed by atoms with Gasteiger partial charge in [0.1, 0.15) is 0 Å². The van der Waals surface area contributed by atoms with Gasteiger partial charge in [0.05, 0.1) is 6.04 Å². The molecule has 1 aliphatic rings. The highest BCUT2D eigenvalue weighted by Gasteiger charge is 2.23. The van der Waals surface area contributed by atoms with Crippen molar-refractivity contribution in [2.45, 2.75) is 58.5 Å². The maximum Gasteiger partial charge on any atom is 0.189 e. The van der Waals surface area contributed by atoms with Crippen molar-refractivity contribution in [1.82, 2.24) is 5.32 Å². The summed E-state index contributed by atoms with van der Waals surface area (Å²) in [6, 6.07) is 0.359. The highest BCUT2D eigenvalue weighted by molar-refractivity contribution is 5.78. The van der Waals surface area contributed by atoms with Gasteiger partial charge in [-0.05, 0) is 40.0 Å². The Morgan fingerprint density at radius 2 is 2.07 bits per heavy atom. The lowest BCUT2D eigenvalue weighted by molar-refractivity contribution is 0.504. The van der Waals surface area contributed by atoms with Gasteiger partial charge in [0.15, 0.2) is 5.96 Å². The molecule has 0 spiro atoms. The normalized spacial score (nSPS) is 20.7. The molecule has 3 nitrogen and oxygen atoms in total. The number of guanidine groups is 1. The van der Waals surface area contributed by atoms with E-state index < -0.39 is 0 Å². The van der Waals surface area contributed by atoms with Gasteiger partial charge in [-0.2, -0.15) is 0 Å². The molecule has 14 heavy (non-hydrogen) atoms. The average Bonchev–Trinajstić information content (AvgIpc) is 2.64. The molecule has 0 aromatic rings. The van der Waals surface area contributed by atoms with E-state index in [1.807, 2.05) is 0 Å². The Morgan fingerprint density at radius 1 is 1.50 bits per heavy atom. The van der Waals surface area contributed by atoms with Gasteiger partial charge in [0, 0.05) is 5.54 Å². The molecule has 0 radical (unpaired) electrons. The summed E-state index contributed by atoms with van der Waals surface area (Å²) in [5, 5.41) is 3.17. The van der Waals surface area contributed by atoms with E-state index >= 15 is 0 Å². The molecular weight excluding hydrogens is 174 g/mol. The number of nitrogens with one attached hydrogen (secondary N) is 1. The Morgan fingerprint density at radius 3 is 2.50 bits per heavy atom. The molecule has 0 saturated heterocycles. The maximum atomic E-state index is 5.80. The van der Waals surface area contributed by atoms with E-state index in [1.165, 1.54) is 19.3 Å². The van der Waals surface area contributed by atoms with E-state index in [9.17, 15) is 0 Å². The summed E-state index contributed by atoms with van der Waals surface area (Å²) in [4.78, 5) is 4.43. The third-order valence-corrected chi connectivity index (χ3v) is 2.23. The molecule has 1 aliphatic carbocycles. The van der Waals surface area contributed by atoms with Crippen LogP contribution in [0.2, 0.25) is 0 Å². The Kier molecular flexibility index (Phi) is 3.40. The van der Waals surface area contributed by atoms with Gasteiger partial charge in [0.2, 0.25) is 0 Å². The maximum absolute atomic E-state index is 5.80. The molecule has 0 bridgehead atoms. The fraction of sp³-hybridized carbons (Fsp3) is 0.909. The van der Waals surface area contributed by atoms with Crippen LogP contribution in [0.1, 0.15) is 47.0 Å². The molecule has 1 atom stereocenters. The summed E-state index contributed by atoms with van der Waals surface area (Å²) in [5.41, 5.74) is 5.80. The summed E-state index contributed by atoms with van der Waals surface area (Å²) in [6.07, 6.45) is 3.95. The molecule has 1 saturated carbocycles. The van der Waals surface area contributed by atoms with Crippen LogP contribution in [0.5, 0.6) is 0 Å². The van der Waals surface area contributed by atoms with Gasteiger partial charge in [0.25, 0.3) is 0 Å². The molecule has 1 fully saturated rings. The highest BCUT2D eigenvalue weighted by atomic mass is 15.1. The molecule has 0 aromatic carbocycles. The molecule has 82 valence electrons. The standard InChI is InChI=1S/C11H23N3/c1-8(7-9-5-6-9)13-10(12)14-11(2,3)4/h8-9H,5-7H2,1-4H3,(H3,12,13,14). The lowest BCUT2D eigenvalue weighted by Gasteiger charge is -2.21. The second kappa shape index (κ2) is 4.20. The second-order valence-corrected chi connectivity index (χ2v) is 5.42. The number of nitrogens with zero attached hydrogens (tertiary/aromatic N) is 1. The molecule has 3 N–H and O–H groups in total. The Bertz CT molecular complexity index is 211. The number of nitrogens with two attached hydrogens (primary N) is 1. The van der Waals surface area contributed by atoms with Crippen molar-refractivity contribution in [3.63, 3.8) is 0 Å². The molecule has 0 aromatic heterocycles. The number of hydrogen-bond donors (Lipinski definition) is 2. The van der Waals surface area contributed by atoms with Crippen molar-refractivity contribution in [1.29, 1.82) is 0 Å². The van der Waals surface area contributed by atoms with E-state index in [2.05, 4.69) is 38.0 Å². The smallest absolute Gasteiger partial charge is 0.189 e. The predicted octanol–water partition coefficient (Wildman–Crippen LogP) is 1.88. The van der Waals surface area contributed by atoms with Crippen LogP contribution in [0.4, 0.5) is 0 Å². The summed E-state index contributed by atoms with van der Waals surface area (Å²) in [5.74, 6) is 1.49. The summed E-state index contributed by atoms with van der Waals surface area (Å²) < 4.78 is 0. The van der Waals surface area contributed by atoms with Crippen molar-refractivity contribution in [3.8, 4) is 0 Å². The van der Waals surface area contributed by atoms with Crippen molar-refractivity contribution in [2.75, 3.05) is 0 Å². The Hall–Kier alpha value is -0.730. The zero-order valence-corrected chi connectivity index (χ0v) is 9.80. The van der Waals surface area contributed by atoms with Crippen LogP contribution >= 0.6 is 0 Å². The number of rotatable bonds is 3. The molecule has 0 aliphatic heterocycles. The second-order valence-electron chi connectivity index (χ2n) is 5.42. The van der Waals surface area contributed by atoms with Gasteiger partial charge < -0.3 is 11.1 Å². The third kappa shape index (κ3) is 5.10. The zero-order chi connectivity index (χ0) is 10.8. The molecule has 0 heterocycles. The molecular formula is C11H23N3. The summed E-state index contributed by atoms with van der Waals surface area (Å²) in [7, 11) is 0. The zero-order valence-electron chi connectivity index (χ0n) is 9.80. The number of hydrogen-bond acceptors (Lipinski definition) is 1. The number of aliphatic imine (C=N–C) groups is 1. The van der Waals surface area contributed by atoms with Crippen LogP contribution in [0.15, 0.2) is 4.99 Å². The van der Waals surface area contributed by atoms with Gasteiger partial charge >= 0.3 is 0 Å². The topological polar surface area (TPSA) is 50.4 Å². The SMILES string of the molecule is CC(CC1CC1)N=C(N)NC(C)(C)C. The van der Waals surface area contributed by atoms with E-state index in [0.717, 1.165) is 5.92 Å². The van der Waals surface area contributed by atoms with E-state index in [4.69, 9.17) is 5.73 Å². The first-order valence-corrected chi connectivity index (χ1v) is 5.48. The Balaban J connectivity index is 2.32. The summed E-state index contributed by atoms with van der Waals surface area (Å²) >= 11 is 0. The lowest BCUT2D eigenvalue weighted by atomic mass is 10.1. The first kappa shape index (κ1) is 11.3. The van der Waals surface area contributed by atoms with Crippen molar-refractivity contribution < 1.29 is 0 Å². The predicted molar refractivity (Wildman–Crippen MR) is 61.3 cm³/mol. The molecule has 1 rings (SSSR count). The van der Waals surface area contributed by atoms with Crippen molar-refractivity contribution in [2.24, 2.45) is 16.6 Å². The Labute approximate surface area is 87.2 Å². The minimum absolute atomic E-state index is 0.00683. The van der Waals surface area contributed by atoms with Gasteiger partial charge in [-0.1, -0.05) is 12.8 Å². The summed E-state index contributed by atoms with van der Waals surface area (Å²) in [6.45, 7) is 8.39. The van der Waals surface area contributed by atoms with Crippen molar-refractivity contribution >= 4 is 5.96 Å². The average molecular weight is 197 g/mol. The quantitative estimate of drug-likeness (QED) is 0.536. The third-order valence-electron chi connectivity index (χ3n) is 2.23. The molecule has 1 unspecified atom stereocenters. The van der Waals surface area contributed by atoms with Crippen molar-refractivity contribution in [3.05, 3.63) is 0 Å². The van der Waals surface area contributed by atoms with Gasteiger partial charge in [-0.25, -0.2) is 0 Å². The fourth-order valence-electron chi connectivity index (χ4n) is 1.54. The minimum Gasteiger partial charge on any atom is -0.370 e. The van der Waals surface area contributed by atoms with E-state index in [1.54, 1.807) is 0 Å². The van der Waals surface area contributed by atoms with Crippen LogP contribution in [0, 0.1) is 5.92 Å². The minimum atomic E-state index is 0.00683. The monoisotopic (exact) mass is 197 g/mol. The highest BCUT2D eigenvalue weighted by Crippen LogP contribution is 2.34. The van der Waals surface area contributed by atoms with Gasteiger partial charge in [-0.15, -0.1) is 0 Å². The molecule has 3 heteroatoms. The molecule has 0 amide bonds.